The Hall–Kier alpha value is -1.80. The molecule has 0 bridgehead atoms. The van der Waals surface area contributed by atoms with Crippen LogP contribution in [0, 0.1) is 0 Å². The van der Waals surface area contributed by atoms with Gasteiger partial charge in [-0.15, -0.1) is 0 Å². The molecule has 1 aliphatic rings. The normalized spacial score (nSPS) is 13.8. The first-order chi connectivity index (χ1) is 10.4. The summed E-state index contributed by atoms with van der Waals surface area (Å²) in [5, 5.41) is 3.21. The Bertz CT molecular complexity index is 606. The van der Waals surface area contributed by atoms with Crippen molar-refractivity contribution >= 4 is 0 Å². The predicted octanol–water partition coefficient (Wildman–Crippen LogP) is 3.86. The number of rotatable bonds is 5. The molecule has 0 radical (unpaired) electrons. The summed E-state index contributed by atoms with van der Waals surface area (Å²) in [6.07, 6.45) is 5.05. The summed E-state index contributed by atoms with van der Waals surface area (Å²) in [6.45, 7) is 1.51. The maximum Gasteiger partial charge on any atom is 0.120 e. The summed E-state index contributed by atoms with van der Waals surface area (Å²) in [6, 6.07) is 15.0. The van der Waals surface area contributed by atoms with Gasteiger partial charge in [0.2, 0.25) is 0 Å². The molecule has 0 atom stereocenters. The van der Waals surface area contributed by atoms with Gasteiger partial charge in [-0.3, -0.25) is 0 Å². The highest BCUT2D eigenvalue weighted by molar-refractivity contribution is 5.37. The zero-order valence-electron chi connectivity index (χ0n) is 12.7. The molecule has 0 fully saturated rings. The van der Waals surface area contributed by atoms with E-state index < -0.39 is 0 Å². The second kappa shape index (κ2) is 6.77. The highest BCUT2D eigenvalue weighted by Gasteiger charge is 2.10. The molecule has 0 unspecified atom stereocenters. The van der Waals surface area contributed by atoms with Gasteiger partial charge in [0.25, 0.3) is 0 Å². The predicted molar refractivity (Wildman–Crippen MR) is 86.6 cm³/mol. The van der Waals surface area contributed by atoms with Gasteiger partial charge in [-0.1, -0.05) is 30.3 Å². The minimum absolute atomic E-state index is 0.636. The Kier molecular flexibility index (Phi) is 4.56. The van der Waals surface area contributed by atoms with Crippen molar-refractivity contribution in [3.8, 4) is 5.75 Å². The van der Waals surface area contributed by atoms with Crippen LogP contribution in [0.5, 0.6) is 5.75 Å². The van der Waals surface area contributed by atoms with Gasteiger partial charge in [-0.2, -0.15) is 0 Å². The Morgan fingerprint density at radius 3 is 2.52 bits per heavy atom. The van der Waals surface area contributed by atoms with Crippen molar-refractivity contribution in [3.63, 3.8) is 0 Å². The van der Waals surface area contributed by atoms with E-state index in [0.717, 1.165) is 12.3 Å². The zero-order valence-corrected chi connectivity index (χ0v) is 12.7. The van der Waals surface area contributed by atoms with Crippen LogP contribution >= 0.6 is 0 Å². The molecular formula is C19H23NO. The molecule has 0 aromatic heterocycles. The lowest BCUT2D eigenvalue weighted by molar-refractivity contribution is 0.304. The quantitative estimate of drug-likeness (QED) is 0.898. The first kappa shape index (κ1) is 14.2. The number of nitrogens with one attached hydrogen (secondary N) is 1. The minimum Gasteiger partial charge on any atom is -0.489 e. The van der Waals surface area contributed by atoms with Crippen molar-refractivity contribution in [2.45, 2.75) is 38.8 Å². The maximum absolute atomic E-state index is 6.02. The summed E-state index contributed by atoms with van der Waals surface area (Å²) < 4.78 is 6.02. The smallest absolute Gasteiger partial charge is 0.120 e. The van der Waals surface area contributed by atoms with E-state index in [1.165, 1.54) is 47.9 Å². The molecule has 0 saturated heterocycles. The number of fused-ring (bicyclic) bond motifs is 1. The summed E-state index contributed by atoms with van der Waals surface area (Å²) in [5.74, 6) is 0.995. The van der Waals surface area contributed by atoms with Crippen molar-refractivity contribution < 1.29 is 4.74 Å². The fourth-order valence-electron chi connectivity index (χ4n) is 3.02. The number of aryl methyl sites for hydroxylation is 2. The Morgan fingerprint density at radius 1 is 0.952 bits per heavy atom. The molecule has 2 aromatic carbocycles. The highest BCUT2D eigenvalue weighted by atomic mass is 16.5. The van der Waals surface area contributed by atoms with Gasteiger partial charge in [0.1, 0.15) is 12.4 Å². The van der Waals surface area contributed by atoms with E-state index in [2.05, 4.69) is 47.8 Å². The standard InChI is InChI=1S/C19H23NO/c1-20-13-17-8-4-5-9-18(17)14-21-19-11-10-15-6-2-3-7-16(15)12-19/h4-5,8-12,20H,2-3,6-7,13-14H2,1H3. The van der Waals surface area contributed by atoms with Crippen LogP contribution in [0.25, 0.3) is 0 Å². The van der Waals surface area contributed by atoms with Crippen molar-refractivity contribution in [1.29, 1.82) is 0 Å². The summed E-state index contributed by atoms with van der Waals surface area (Å²) in [5.41, 5.74) is 5.54. The first-order valence-electron chi connectivity index (χ1n) is 7.83. The van der Waals surface area contributed by atoms with Crippen LogP contribution in [-0.4, -0.2) is 7.05 Å². The van der Waals surface area contributed by atoms with Crippen molar-refractivity contribution in [1.82, 2.24) is 5.32 Å². The SMILES string of the molecule is CNCc1ccccc1COc1ccc2c(c1)CCCC2. The molecule has 0 amide bonds. The maximum atomic E-state index is 6.02. The van der Waals surface area contributed by atoms with Crippen molar-refractivity contribution in [3.05, 3.63) is 64.7 Å². The second-order valence-electron chi connectivity index (χ2n) is 5.73. The Morgan fingerprint density at radius 2 is 1.71 bits per heavy atom. The van der Waals surface area contributed by atoms with Gasteiger partial charge in [0, 0.05) is 6.54 Å². The van der Waals surface area contributed by atoms with Crippen LogP contribution in [0.4, 0.5) is 0 Å². The molecule has 0 heterocycles. The van der Waals surface area contributed by atoms with Gasteiger partial charge in [0.05, 0.1) is 0 Å². The molecule has 2 heteroatoms. The van der Waals surface area contributed by atoms with Crippen molar-refractivity contribution in [2.75, 3.05) is 7.05 Å². The van der Waals surface area contributed by atoms with E-state index >= 15 is 0 Å². The molecule has 1 N–H and O–H groups in total. The van der Waals surface area contributed by atoms with E-state index in [4.69, 9.17) is 4.74 Å². The lowest BCUT2D eigenvalue weighted by Crippen LogP contribution is -2.09. The lowest BCUT2D eigenvalue weighted by atomic mass is 9.92. The Labute approximate surface area is 127 Å². The number of benzene rings is 2. The van der Waals surface area contributed by atoms with Crippen LogP contribution in [0.15, 0.2) is 42.5 Å². The average Bonchev–Trinajstić information content (AvgIpc) is 2.54. The average molecular weight is 281 g/mol. The fourth-order valence-corrected chi connectivity index (χ4v) is 3.02. The largest absolute Gasteiger partial charge is 0.489 e. The molecule has 0 saturated carbocycles. The van der Waals surface area contributed by atoms with E-state index in [9.17, 15) is 0 Å². The third kappa shape index (κ3) is 3.45. The number of ether oxygens (including phenoxy) is 1. The molecule has 21 heavy (non-hydrogen) atoms. The Balaban J connectivity index is 1.70. The zero-order chi connectivity index (χ0) is 14.5. The first-order valence-corrected chi connectivity index (χ1v) is 7.83. The monoisotopic (exact) mass is 281 g/mol. The minimum atomic E-state index is 0.636. The third-order valence-electron chi connectivity index (χ3n) is 4.20. The van der Waals surface area contributed by atoms with E-state index in [0.29, 0.717) is 6.61 Å². The highest BCUT2D eigenvalue weighted by Crippen LogP contribution is 2.26. The molecule has 2 nitrogen and oxygen atoms in total. The van der Waals surface area contributed by atoms with Crippen LogP contribution < -0.4 is 10.1 Å². The summed E-state index contributed by atoms with van der Waals surface area (Å²) in [7, 11) is 1.97. The third-order valence-corrected chi connectivity index (χ3v) is 4.20. The molecule has 0 spiro atoms. The molecule has 3 rings (SSSR count). The van der Waals surface area contributed by atoms with Crippen LogP contribution in [-0.2, 0) is 26.0 Å². The van der Waals surface area contributed by atoms with E-state index in [-0.39, 0.29) is 0 Å². The number of hydrogen-bond acceptors (Lipinski definition) is 2. The van der Waals surface area contributed by atoms with Crippen molar-refractivity contribution in [2.24, 2.45) is 0 Å². The van der Waals surface area contributed by atoms with Gasteiger partial charge in [0.15, 0.2) is 0 Å². The molecular weight excluding hydrogens is 258 g/mol. The lowest BCUT2D eigenvalue weighted by Gasteiger charge is -2.17. The van der Waals surface area contributed by atoms with Crippen LogP contribution in [0.1, 0.15) is 35.1 Å². The summed E-state index contributed by atoms with van der Waals surface area (Å²) >= 11 is 0. The van der Waals surface area contributed by atoms with Gasteiger partial charge < -0.3 is 10.1 Å². The van der Waals surface area contributed by atoms with Gasteiger partial charge in [-0.05, 0) is 67.1 Å². The topological polar surface area (TPSA) is 21.3 Å². The fraction of sp³-hybridized carbons (Fsp3) is 0.368. The van der Waals surface area contributed by atoms with E-state index in [1.54, 1.807) is 0 Å². The van der Waals surface area contributed by atoms with Gasteiger partial charge in [-0.25, -0.2) is 0 Å². The number of hydrogen-bond donors (Lipinski definition) is 1. The molecule has 110 valence electrons. The second-order valence-corrected chi connectivity index (χ2v) is 5.73. The van der Waals surface area contributed by atoms with Crippen LogP contribution in [0.3, 0.4) is 0 Å². The van der Waals surface area contributed by atoms with E-state index in [1.807, 2.05) is 7.05 Å². The molecule has 1 aliphatic carbocycles. The van der Waals surface area contributed by atoms with Crippen LogP contribution in [0.2, 0.25) is 0 Å². The molecule has 0 aliphatic heterocycles. The molecule has 2 aromatic rings. The summed E-state index contributed by atoms with van der Waals surface area (Å²) in [4.78, 5) is 0. The van der Waals surface area contributed by atoms with Gasteiger partial charge >= 0.3 is 0 Å².